The molecule has 0 unspecified atom stereocenters. The van der Waals surface area contributed by atoms with Crippen LogP contribution in [-0.2, 0) is 23.0 Å². The van der Waals surface area contributed by atoms with Gasteiger partial charge in [0.2, 0.25) is 0 Å². The molecule has 7 heteroatoms. The zero-order valence-corrected chi connectivity index (χ0v) is 17.5. The third-order valence-electron chi connectivity index (χ3n) is 5.11. The van der Waals surface area contributed by atoms with Crippen molar-refractivity contribution in [2.45, 2.75) is 44.6 Å². The van der Waals surface area contributed by atoms with Gasteiger partial charge in [0.05, 0.1) is 22.9 Å². The Hall–Kier alpha value is -2.80. The van der Waals surface area contributed by atoms with Crippen molar-refractivity contribution in [1.29, 1.82) is 0 Å². The quantitative estimate of drug-likeness (QED) is 0.653. The van der Waals surface area contributed by atoms with E-state index in [0.29, 0.717) is 18.0 Å². The number of hydrogen-bond donors (Lipinski definition) is 1. The summed E-state index contributed by atoms with van der Waals surface area (Å²) in [4.78, 5) is 4.95. The van der Waals surface area contributed by atoms with Crippen molar-refractivity contribution in [2.24, 2.45) is 0 Å². The molecule has 6 nitrogen and oxygen atoms in total. The van der Waals surface area contributed by atoms with Crippen molar-refractivity contribution in [2.75, 3.05) is 11.3 Å². The first-order chi connectivity index (χ1) is 14.0. The first-order valence-electron chi connectivity index (χ1n) is 9.89. The average molecular weight is 412 g/mol. The lowest BCUT2D eigenvalue weighted by molar-refractivity contribution is 0.337. The van der Waals surface area contributed by atoms with Crippen LogP contribution in [0.1, 0.15) is 31.2 Å². The summed E-state index contributed by atoms with van der Waals surface area (Å²) < 4.78 is 36.5. The van der Waals surface area contributed by atoms with Gasteiger partial charge in [-0.05, 0) is 56.5 Å². The Bertz CT molecular complexity index is 1110. The highest BCUT2D eigenvalue weighted by molar-refractivity contribution is 7.92. The molecule has 0 bridgehead atoms. The zero-order valence-electron chi connectivity index (χ0n) is 16.7. The van der Waals surface area contributed by atoms with Crippen LogP contribution in [0.15, 0.2) is 53.6 Å². The molecule has 29 heavy (non-hydrogen) atoms. The highest BCUT2D eigenvalue weighted by Gasteiger charge is 2.20. The largest absolute Gasteiger partial charge is 0.494 e. The van der Waals surface area contributed by atoms with E-state index in [9.17, 15) is 8.42 Å². The highest BCUT2D eigenvalue weighted by atomic mass is 32.2. The molecule has 3 aromatic rings. The van der Waals surface area contributed by atoms with E-state index in [1.807, 2.05) is 38.2 Å². The summed E-state index contributed by atoms with van der Waals surface area (Å²) in [5.74, 6) is 1.75. The summed E-state index contributed by atoms with van der Waals surface area (Å²) in [6.07, 6.45) is 5.26. The van der Waals surface area contributed by atoms with Crippen molar-refractivity contribution < 1.29 is 13.2 Å². The molecule has 2 heterocycles. The number of benzene rings is 2. The van der Waals surface area contributed by atoms with Crippen molar-refractivity contribution in [3.63, 3.8) is 0 Å². The fourth-order valence-electron chi connectivity index (χ4n) is 3.65. The molecule has 0 amide bonds. The van der Waals surface area contributed by atoms with E-state index in [-0.39, 0.29) is 4.90 Å². The molecule has 4 rings (SSSR count). The SMILES string of the molecule is CCOc1ccc(S(=O)(=O)Nc2ccccc2-c2cn3c(n2)CCCC3)cc1C. The number of aryl methyl sites for hydroxylation is 3. The molecule has 0 saturated carbocycles. The molecular formula is C22H25N3O3S. The number of ether oxygens (including phenoxy) is 1. The maximum Gasteiger partial charge on any atom is 0.261 e. The fraction of sp³-hybridized carbons (Fsp3) is 0.318. The van der Waals surface area contributed by atoms with E-state index < -0.39 is 10.0 Å². The Morgan fingerprint density at radius 1 is 1.17 bits per heavy atom. The van der Waals surface area contributed by atoms with Gasteiger partial charge in [-0.25, -0.2) is 13.4 Å². The predicted molar refractivity (Wildman–Crippen MR) is 114 cm³/mol. The van der Waals surface area contributed by atoms with E-state index in [1.165, 1.54) is 0 Å². The maximum absolute atomic E-state index is 13.0. The molecule has 1 N–H and O–H groups in total. The minimum Gasteiger partial charge on any atom is -0.494 e. The van der Waals surface area contributed by atoms with Gasteiger partial charge < -0.3 is 9.30 Å². The highest BCUT2D eigenvalue weighted by Crippen LogP contribution is 2.31. The first-order valence-corrected chi connectivity index (χ1v) is 11.4. The van der Waals surface area contributed by atoms with Gasteiger partial charge in [-0.1, -0.05) is 18.2 Å². The maximum atomic E-state index is 13.0. The van der Waals surface area contributed by atoms with Gasteiger partial charge in [0.15, 0.2) is 0 Å². The van der Waals surface area contributed by atoms with Gasteiger partial charge in [0.25, 0.3) is 10.0 Å². The number of imidazole rings is 1. The summed E-state index contributed by atoms with van der Waals surface area (Å²) in [5, 5.41) is 0. The van der Waals surface area contributed by atoms with Crippen molar-refractivity contribution >= 4 is 15.7 Å². The predicted octanol–water partition coefficient (Wildman–Crippen LogP) is 4.39. The number of nitrogens with one attached hydrogen (secondary N) is 1. The molecule has 1 aliphatic rings. The smallest absolute Gasteiger partial charge is 0.261 e. The van der Waals surface area contributed by atoms with Crippen molar-refractivity contribution in [1.82, 2.24) is 9.55 Å². The molecule has 1 aliphatic heterocycles. The van der Waals surface area contributed by atoms with Gasteiger partial charge in [-0.2, -0.15) is 0 Å². The number of aromatic nitrogens is 2. The minimum atomic E-state index is -3.74. The Balaban J connectivity index is 1.66. The first kappa shape index (κ1) is 19.5. The second-order valence-electron chi connectivity index (χ2n) is 7.20. The van der Waals surface area contributed by atoms with Crippen LogP contribution in [0.3, 0.4) is 0 Å². The van der Waals surface area contributed by atoms with Crippen LogP contribution in [0.25, 0.3) is 11.3 Å². The molecule has 1 aromatic heterocycles. The number of para-hydroxylation sites is 1. The summed E-state index contributed by atoms with van der Waals surface area (Å²) >= 11 is 0. The number of anilines is 1. The summed E-state index contributed by atoms with van der Waals surface area (Å²) in [6, 6.07) is 12.3. The Morgan fingerprint density at radius 2 is 2.00 bits per heavy atom. The van der Waals surface area contributed by atoms with Crippen LogP contribution in [0.5, 0.6) is 5.75 Å². The fourth-order valence-corrected chi connectivity index (χ4v) is 4.81. The molecule has 0 aliphatic carbocycles. The van der Waals surface area contributed by atoms with E-state index in [1.54, 1.807) is 24.3 Å². The van der Waals surface area contributed by atoms with Crippen molar-refractivity contribution in [3.05, 3.63) is 60.0 Å². The second kappa shape index (κ2) is 7.91. The summed E-state index contributed by atoms with van der Waals surface area (Å²) in [6.45, 7) is 5.23. The topological polar surface area (TPSA) is 73.2 Å². The van der Waals surface area contributed by atoms with Gasteiger partial charge >= 0.3 is 0 Å². The number of nitrogens with zero attached hydrogens (tertiary/aromatic N) is 2. The summed E-state index contributed by atoms with van der Waals surface area (Å²) in [7, 11) is -3.74. The lowest BCUT2D eigenvalue weighted by atomic mass is 10.1. The normalized spacial score (nSPS) is 13.7. The number of fused-ring (bicyclic) bond motifs is 1. The molecule has 0 radical (unpaired) electrons. The molecule has 0 fully saturated rings. The molecule has 0 saturated heterocycles. The number of sulfonamides is 1. The Morgan fingerprint density at radius 3 is 2.76 bits per heavy atom. The van der Waals surface area contributed by atoms with E-state index >= 15 is 0 Å². The molecule has 2 aromatic carbocycles. The third-order valence-corrected chi connectivity index (χ3v) is 6.48. The van der Waals surface area contributed by atoms with Gasteiger partial charge in [-0.3, -0.25) is 4.72 Å². The monoisotopic (exact) mass is 411 g/mol. The average Bonchev–Trinajstić information content (AvgIpc) is 3.14. The second-order valence-corrected chi connectivity index (χ2v) is 8.89. The van der Waals surface area contributed by atoms with Gasteiger partial charge in [-0.15, -0.1) is 0 Å². The Labute approximate surface area is 171 Å². The molecule has 0 spiro atoms. The lowest BCUT2D eigenvalue weighted by Crippen LogP contribution is -2.14. The number of rotatable bonds is 6. The standard InChI is InChI=1S/C22H25N3O3S/c1-3-28-21-12-11-17(14-16(21)2)29(26,27)24-19-9-5-4-8-18(19)20-15-25-13-7-6-10-22(25)23-20/h4-5,8-9,11-12,14-15,24H,3,6-7,10,13H2,1-2H3. The van der Waals surface area contributed by atoms with E-state index in [2.05, 4.69) is 9.29 Å². The van der Waals surface area contributed by atoms with Crippen LogP contribution in [0.2, 0.25) is 0 Å². The summed E-state index contributed by atoms with van der Waals surface area (Å²) in [5.41, 5.74) is 2.88. The van der Waals surface area contributed by atoms with Gasteiger partial charge in [0.1, 0.15) is 11.6 Å². The van der Waals surface area contributed by atoms with Crippen LogP contribution in [0, 0.1) is 6.92 Å². The minimum absolute atomic E-state index is 0.206. The molecular weight excluding hydrogens is 386 g/mol. The van der Waals surface area contributed by atoms with E-state index in [0.717, 1.165) is 48.5 Å². The molecule has 152 valence electrons. The van der Waals surface area contributed by atoms with Crippen LogP contribution < -0.4 is 9.46 Å². The van der Waals surface area contributed by atoms with Crippen LogP contribution in [0.4, 0.5) is 5.69 Å². The lowest BCUT2D eigenvalue weighted by Gasteiger charge is -2.13. The third kappa shape index (κ3) is 4.00. The zero-order chi connectivity index (χ0) is 20.4. The van der Waals surface area contributed by atoms with Crippen LogP contribution in [-0.4, -0.2) is 24.6 Å². The Kier molecular flexibility index (Phi) is 5.32. The molecule has 0 atom stereocenters. The van der Waals surface area contributed by atoms with Gasteiger partial charge in [0, 0.05) is 24.7 Å². The van der Waals surface area contributed by atoms with E-state index in [4.69, 9.17) is 9.72 Å². The number of hydrogen-bond acceptors (Lipinski definition) is 4. The van der Waals surface area contributed by atoms with Crippen LogP contribution >= 0.6 is 0 Å². The van der Waals surface area contributed by atoms with Crippen molar-refractivity contribution in [3.8, 4) is 17.0 Å².